The van der Waals surface area contributed by atoms with Gasteiger partial charge in [-0.15, -0.1) is 0 Å². The van der Waals surface area contributed by atoms with Crippen LogP contribution in [-0.4, -0.2) is 82.0 Å². The Labute approximate surface area is 374 Å². The monoisotopic (exact) mass is 916 g/mol. The number of anilines is 2. The standard InChI is InChI=1S/C46H51F3N8O7S/c1-44(59)13-10-29(11-14-44)26-51-37-9-8-34(23-39(37)57(60)61)65(62,63)54-43(58)41-40(64-33-21-30-12-17-50-42(30)53-28-33)22-31(27-52-41)55-19-15-45(16-20-55)24-32(25-45)56-18-4-7-38(56)35-5-2-3-6-36(35)46(47,48)49/h2-3,5-6,8-9,12,17,21-23,27-29,32,38,51,59H,4,7,10-11,13-16,18-20,24-26H2,1H3,(H,50,53)(H,54,58)/t29?,38-,44?/m0/s1. The van der Waals surface area contributed by atoms with Crippen molar-refractivity contribution in [1.29, 1.82) is 0 Å². The van der Waals surface area contributed by atoms with Gasteiger partial charge in [-0.3, -0.25) is 19.8 Å². The number of hydrogen-bond acceptors (Lipinski definition) is 12. The number of hydrogen-bond donors (Lipinski definition) is 4. The van der Waals surface area contributed by atoms with Crippen LogP contribution >= 0.6 is 0 Å². The molecule has 1 atom stereocenters. The molecule has 5 aromatic rings. The summed E-state index contributed by atoms with van der Waals surface area (Å²) in [5.41, 5.74) is -0.321. The van der Waals surface area contributed by atoms with Crippen molar-refractivity contribution in [3.8, 4) is 11.5 Å². The molecule has 19 heteroatoms. The molecule has 0 bridgehead atoms. The maximum Gasteiger partial charge on any atom is 0.416 e. The number of halogens is 3. The second kappa shape index (κ2) is 17.2. The van der Waals surface area contributed by atoms with Gasteiger partial charge in [-0.2, -0.15) is 13.2 Å². The van der Waals surface area contributed by atoms with Crippen LogP contribution < -0.4 is 19.7 Å². The Kier molecular flexibility index (Phi) is 11.8. The van der Waals surface area contributed by atoms with Gasteiger partial charge in [0.2, 0.25) is 0 Å². The van der Waals surface area contributed by atoms with E-state index in [2.05, 4.69) is 30.1 Å². The molecule has 0 unspecified atom stereocenters. The minimum atomic E-state index is -4.65. The number of carbonyl (C=O) groups is 1. The number of nitro groups is 1. The highest BCUT2D eigenvalue weighted by atomic mass is 32.2. The van der Waals surface area contributed by atoms with Crippen molar-refractivity contribution in [1.82, 2.24) is 24.6 Å². The topological polar surface area (TPSA) is 196 Å². The fourth-order valence-electron chi connectivity index (χ4n) is 10.4. The third-order valence-electron chi connectivity index (χ3n) is 14.0. The van der Waals surface area contributed by atoms with Gasteiger partial charge in [0.15, 0.2) is 11.4 Å². The maximum atomic E-state index is 14.0. The van der Waals surface area contributed by atoms with E-state index in [0.29, 0.717) is 55.8 Å². The lowest BCUT2D eigenvalue weighted by atomic mass is 9.59. The van der Waals surface area contributed by atoms with Crippen LogP contribution in [0.2, 0.25) is 0 Å². The van der Waals surface area contributed by atoms with E-state index in [4.69, 9.17) is 4.74 Å². The summed E-state index contributed by atoms with van der Waals surface area (Å²) in [6.07, 6.45) is 7.96. The number of rotatable bonds is 12. The number of sulfonamides is 1. The Morgan fingerprint density at radius 1 is 1.00 bits per heavy atom. The first-order valence-corrected chi connectivity index (χ1v) is 23.5. The average Bonchev–Trinajstić information content (AvgIpc) is 3.95. The zero-order valence-corrected chi connectivity index (χ0v) is 36.6. The molecule has 2 saturated heterocycles. The van der Waals surface area contributed by atoms with Gasteiger partial charge < -0.3 is 25.0 Å². The van der Waals surface area contributed by atoms with Crippen molar-refractivity contribution >= 4 is 44.0 Å². The van der Waals surface area contributed by atoms with E-state index in [0.717, 1.165) is 62.9 Å². The van der Waals surface area contributed by atoms with Crippen LogP contribution in [-0.2, 0) is 16.2 Å². The van der Waals surface area contributed by atoms with Gasteiger partial charge in [0.05, 0.1) is 39.1 Å². The number of aromatic nitrogens is 3. The Morgan fingerprint density at radius 2 is 1.75 bits per heavy atom. The number of ether oxygens (including phenoxy) is 1. The van der Waals surface area contributed by atoms with Crippen LogP contribution in [0.5, 0.6) is 11.5 Å². The number of aromatic amines is 1. The van der Waals surface area contributed by atoms with Gasteiger partial charge in [-0.05, 0) is 125 Å². The molecule has 2 aliphatic carbocycles. The van der Waals surface area contributed by atoms with E-state index in [9.17, 15) is 41.6 Å². The van der Waals surface area contributed by atoms with Crippen molar-refractivity contribution < 1.29 is 41.2 Å². The molecule has 1 spiro atoms. The number of amides is 1. The van der Waals surface area contributed by atoms with E-state index < -0.39 is 48.8 Å². The van der Waals surface area contributed by atoms with Crippen molar-refractivity contribution in [3.05, 3.63) is 106 Å². The lowest BCUT2D eigenvalue weighted by molar-refractivity contribution is -0.384. The van der Waals surface area contributed by atoms with Crippen molar-refractivity contribution in [2.24, 2.45) is 11.3 Å². The van der Waals surface area contributed by atoms with E-state index in [1.165, 1.54) is 36.7 Å². The first-order chi connectivity index (χ1) is 31.0. The molecule has 4 fully saturated rings. The Morgan fingerprint density at radius 3 is 2.49 bits per heavy atom. The third-order valence-corrected chi connectivity index (χ3v) is 15.4. The largest absolute Gasteiger partial charge is 0.453 e. The molecule has 4 aliphatic rings. The molecular formula is C46H51F3N8O7S. The summed E-state index contributed by atoms with van der Waals surface area (Å²) < 4.78 is 77.5. The number of alkyl halides is 3. The highest BCUT2D eigenvalue weighted by Gasteiger charge is 2.50. The minimum absolute atomic E-state index is 0.0372. The molecule has 3 aromatic heterocycles. The van der Waals surface area contributed by atoms with E-state index in [1.54, 1.807) is 43.5 Å². The van der Waals surface area contributed by atoms with E-state index in [1.807, 2.05) is 4.72 Å². The lowest BCUT2D eigenvalue weighted by Gasteiger charge is -2.56. The van der Waals surface area contributed by atoms with Crippen molar-refractivity contribution in [3.63, 3.8) is 0 Å². The molecular weight excluding hydrogens is 866 g/mol. The average molecular weight is 917 g/mol. The Hall–Kier alpha value is -5.79. The first-order valence-electron chi connectivity index (χ1n) is 22.1. The zero-order valence-electron chi connectivity index (χ0n) is 35.8. The summed E-state index contributed by atoms with van der Waals surface area (Å²) in [5.74, 6) is -0.712. The SMILES string of the molecule is CC1(O)CCC(CNc2ccc(S(=O)(=O)NC(=O)c3ncc(N4CCC5(CC4)CC(N4CCC[C@H]4c4ccccc4C(F)(F)F)C5)cc3Oc3cnc4[nH]ccc4c3)cc2[N+](=O)[O-])CC1. The summed E-state index contributed by atoms with van der Waals surface area (Å²) in [4.78, 5) is 41.0. The summed E-state index contributed by atoms with van der Waals surface area (Å²) >= 11 is 0. The van der Waals surface area contributed by atoms with Crippen molar-refractivity contribution in [2.45, 2.75) is 99.9 Å². The zero-order chi connectivity index (χ0) is 45.7. The van der Waals surface area contributed by atoms with Gasteiger partial charge in [0.25, 0.3) is 21.6 Å². The predicted octanol–water partition coefficient (Wildman–Crippen LogP) is 8.74. The smallest absolute Gasteiger partial charge is 0.416 e. The number of aliphatic hydroxyl groups is 1. The first kappa shape index (κ1) is 44.4. The summed E-state index contributed by atoms with van der Waals surface area (Å²) in [5, 5.41) is 26.2. The molecule has 4 N–H and O–H groups in total. The highest BCUT2D eigenvalue weighted by molar-refractivity contribution is 7.90. The number of nitrogens with zero attached hydrogens (tertiary/aromatic N) is 5. The van der Waals surface area contributed by atoms with Gasteiger partial charge in [-0.25, -0.2) is 23.1 Å². The molecule has 344 valence electrons. The van der Waals surface area contributed by atoms with Crippen LogP contribution in [0.15, 0.2) is 84.1 Å². The maximum absolute atomic E-state index is 14.0. The van der Waals surface area contributed by atoms with Crippen LogP contribution in [0, 0.1) is 21.4 Å². The van der Waals surface area contributed by atoms with Crippen LogP contribution in [0.3, 0.4) is 0 Å². The van der Waals surface area contributed by atoms with E-state index in [-0.39, 0.29) is 46.3 Å². The molecule has 5 heterocycles. The fraction of sp³-hybridized carbons (Fsp3) is 0.457. The fourth-order valence-corrected chi connectivity index (χ4v) is 11.3. The number of nitrogens with one attached hydrogen (secondary N) is 3. The molecule has 0 radical (unpaired) electrons. The number of carbonyl (C=O) groups excluding carboxylic acids is 1. The molecule has 2 aliphatic heterocycles. The quantitative estimate of drug-likeness (QED) is 0.0688. The molecule has 1 amide bonds. The second-order valence-corrected chi connectivity index (χ2v) is 20.1. The molecule has 9 rings (SSSR count). The number of nitro benzene ring substituents is 1. The highest BCUT2D eigenvalue weighted by Crippen LogP contribution is 2.54. The Bertz CT molecular complexity index is 2700. The molecule has 2 saturated carbocycles. The number of likely N-dealkylation sites (tertiary alicyclic amines) is 1. The number of benzene rings is 2. The molecule has 15 nitrogen and oxygen atoms in total. The van der Waals surface area contributed by atoms with Crippen molar-refractivity contribution in [2.75, 3.05) is 36.4 Å². The normalized spacial score (nSPS) is 22.8. The molecule has 2 aromatic carbocycles. The Balaban J connectivity index is 0.895. The predicted molar refractivity (Wildman–Crippen MR) is 236 cm³/mol. The lowest BCUT2D eigenvalue weighted by Crippen LogP contribution is -2.55. The van der Waals surface area contributed by atoms with Crippen LogP contribution in [0.25, 0.3) is 11.0 Å². The number of pyridine rings is 2. The second-order valence-electron chi connectivity index (χ2n) is 18.5. The van der Waals surface area contributed by atoms with Crippen LogP contribution in [0.1, 0.15) is 98.8 Å². The summed E-state index contributed by atoms with van der Waals surface area (Å²) in [7, 11) is -4.65. The molecule has 65 heavy (non-hydrogen) atoms. The summed E-state index contributed by atoms with van der Waals surface area (Å²) in [6.45, 7) is 4.26. The van der Waals surface area contributed by atoms with E-state index >= 15 is 0 Å². The number of fused-ring (bicyclic) bond motifs is 1. The van der Waals surface area contributed by atoms with Crippen LogP contribution in [0.4, 0.5) is 30.2 Å². The van der Waals surface area contributed by atoms with Gasteiger partial charge in [0, 0.05) is 55.4 Å². The minimum Gasteiger partial charge on any atom is -0.453 e. The number of H-pyrrole nitrogens is 1. The summed E-state index contributed by atoms with van der Waals surface area (Å²) in [6, 6.07) is 14.4. The third kappa shape index (κ3) is 9.36. The van der Waals surface area contributed by atoms with Gasteiger partial charge in [0.1, 0.15) is 17.1 Å². The number of piperidine rings is 1. The van der Waals surface area contributed by atoms with Gasteiger partial charge >= 0.3 is 6.18 Å². The van der Waals surface area contributed by atoms with Gasteiger partial charge in [-0.1, -0.05) is 18.2 Å².